The molecule has 0 saturated heterocycles. The highest BCUT2D eigenvalue weighted by atomic mass is 14.7. The maximum atomic E-state index is 4.64. The second kappa shape index (κ2) is 7.50. The highest BCUT2D eigenvalue weighted by Crippen LogP contribution is 2.35. The van der Waals surface area contributed by atoms with Crippen molar-refractivity contribution < 1.29 is 0 Å². The molecule has 5 aromatic carbocycles. The van der Waals surface area contributed by atoms with Gasteiger partial charge in [-0.05, 0) is 56.9 Å². The number of rotatable bonds is 2. The van der Waals surface area contributed by atoms with Crippen LogP contribution in [0.15, 0.2) is 122 Å². The van der Waals surface area contributed by atoms with Crippen molar-refractivity contribution in [1.29, 1.82) is 0 Å². The van der Waals surface area contributed by atoms with Crippen LogP contribution >= 0.6 is 0 Å². The van der Waals surface area contributed by atoms with Gasteiger partial charge in [0.1, 0.15) is 0 Å². The number of para-hydroxylation sites is 2. The minimum absolute atomic E-state index is 1.04. The lowest BCUT2D eigenvalue weighted by molar-refractivity contribution is 1.41. The standard InChI is InChI=1S/C32H20N2/c1-5-21-7-3-17-33-31(21)29(9-1)25-13-15-27-23(19-25)11-12-24-20-26(14-16-28(24)27)30-10-2-6-22-8-4-18-34-32(22)30/h1-20H. The van der Waals surface area contributed by atoms with E-state index in [-0.39, 0.29) is 0 Å². The molecule has 2 aromatic heterocycles. The van der Waals surface area contributed by atoms with E-state index in [4.69, 9.17) is 0 Å². The van der Waals surface area contributed by atoms with Crippen LogP contribution < -0.4 is 0 Å². The normalized spacial score (nSPS) is 11.5. The van der Waals surface area contributed by atoms with E-state index in [0.717, 1.165) is 21.8 Å². The van der Waals surface area contributed by atoms with Crippen LogP contribution in [0.5, 0.6) is 0 Å². The minimum Gasteiger partial charge on any atom is -0.256 e. The van der Waals surface area contributed by atoms with Crippen LogP contribution in [0.4, 0.5) is 0 Å². The molecule has 7 rings (SSSR count). The van der Waals surface area contributed by atoms with Gasteiger partial charge in [-0.25, -0.2) is 0 Å². The average molecular weight is 433 g/mol. The Morgan fingerprint density at radius 3 is 1.35 bits per heavy atom. The van der Waals surface area contributed by atoms with Crippen LogP contribution in [0.25, 0.3) is 65.6 Å². The zero-order valence-corrected chi connectivity index (χ0v) is 18.4. The molecule has 0 atom stereocenters. The van der Waals surface area contributed by atoms with E-state index in [0.29, 0.717) is 0 Å². The van der Waals surface area contributed by atoms with Crippen molar-refractivity contribution >= 4 is 43.4 Å². The lowest BCUT2D eigenvalue weighted by atomic mass is 9.94. The summed E-state index contributed by atoms with van der Waals surface area (Å²) in [5.41, 5.74) is 6.79. The Morgan fingerprint density at radius 2 is 0.853 bits per heavy atom. The number of aromatic nitrogens is 2. The molecule has 2 heterocycles. The van der Waals surface area contributed by atoms with Crippen molar-refractivity contribution in [2.75, 3.05) is 0 Å². The Morgan fingerprint density at radius 1 is 0.382 bits per heavy atom. The Kier molecular flexibility index (Phi) is 4.18. The molecule has 7 aromatic rings. The van der Waals surface area contributed by atoms with Crippen LogP contribution in [-0.4, -0.2) is 9.97 Å². The van der Waals surface area contributed by atoms with Crippen LogP contribution in [-0.2, 0) is 0 Å². The van der Waals surface area contributed by atoms with Crippen molar-refractivity contribution in [3.8, 4) is 22.3 Å². The number of hydrogen-bond acceptors (Lipinski definition) is 2. The molecule has 34 heavy (non-hydrogen) atoms. The Bertz CT molecular complexity index is 1720. The predicted molar refractivity (Wildman–Crippen MR) is 143 cm³/mol. The van der Waals surface area contributed by atoms with Crippen LogP contribution in [0, 0.1) is 0 Å². The Hall–Kier alpha value is -4.56. The van der Waals surface area contributed by atoms with Gasteiger partial charge in [0.2, 0.25) is 0 Å². The summed E-state index contributed by atoms with van der Waals surface area (Å²) in [4.78, 5) is 9.29. The van der Waals surface area contributed by atoms with Crippen molar-refractivity contribution in [2.24, 2.45) is 0 Å². The van der Waals surface area contributed by atoms with Crippen LogP contribution in [0.1, 0.15) is 0 Å². The molecule has 0 aliphatic rings. The Balaban J connectivity index is 1.38. The van der Waals surface area contributed by atoms with E-state index in [2.05, 4.69) is 107 Å². The summed E-state index contributed by atoms with van der Waals surface area (Å²) in [6.45, 7) is 0. The smallest absolute Gasteiger partial charge is 0.0780 e. The summed E-state index contributed by atoms with van der Waals surface area (Å²) in [5.74, 6) is 0. The lowest BCUT2D eigenvalue weighted by Gasteiger charge is -2.11. The minimum atomic E-state index is 1.04. The Labute approximate surface area is 197 Å². The van der Waals surface area contributed by atoms with E-state index >= 15 is 0 Å². The second-order valence-electron chi connectivity index (χ2n) is 8.70. The highest BCUT2D eigenvalue weighted by molar-refractivity contribution is 6.10. The van der Waals surface area contributed by atoms with Gasteiger partial charge < -0.3 is 0 Å². The van der Waals surface area contributed by atoms with Gasteiger partial charge in [0.15, 0.2) is 0 Å². The van der Waals surface area contributed by atoms with Gasteiger partial charge in [0.05, 0.1) is 11.0 Å². The summed E-state index contributed by atoms with van der Waals surface area (Å²) >= 11 is 0. The first-order valence-electron chi connectivity index (χ1n) is 11.5. The van der Waals surface area contributed by atoms with Crippen LogP contribution in [0.3, 0.4) is 0 Å². The third-order valence-corrected chi connectivity index (χ3v) is 6.72. The van der Waals surface area contributed by atoms with Crippen molar-refractivity contribution in [1.82, 2.24) is 9.97 Å². The maximum absolute atomic E-state index is 4.64. The predicted octanol–water partition coefficient (Wildman–Crippen LogP) is 8.42. The van der Waals surface area contributed by atoms with Gasteiger partial charge in [0, 0.05) is 34.3 Å². The molecule has 0 saturated carbocycles. The fourth-order valence-electron chi connectivity index (χ4n) is 5.08. The molecule has 0 spiro atoms. The third kappa shape index (κ3) is 2.96. The van der Waals surface area contributed by atoms with Crippen molar-refractivity contribution in [3.05, 3.63) is 122 Å². The summed E-state index contributed by atoms with van der Waals surface area (Å²) < 4.78 is 0. The van der Waals surface area contributed by atoms with Gasteiger partial charge in [0.25, 0.3) is 0 Å². The number of hydrogen-bond donors (Lipinski definition) is 0. The largest absolute Gasteiger partial charge is 0.256 e. The van der Waals surface area contributed by atoms with Gasteiger partial charge in [-0.1, -0.05) is 84.9 Å². The van der Waals surface area contributed by atoms with Gasteiger partial charge in [-0.15, -0.1) is 0 Å². The number of benzene rings is 5. The van der Waals surface area contributed by atoms with Gasteiger partial charge in [-0.3, -0.25) is 9.97 Å². The number of pyridine rings is 2. The lowest BCUT2D eigenvalue weighted by Crippen LogP contribution is -1.87. The second-order valence-corrected chi connectivity index (χ2v) is 8.70. The molecule has 0 aliphatic carbocycles. The molecule has 2 heteroatoms. The molecule has 2 nitrogen and oxygen atoms in total. The first-order chi connectivity index (χ1) is 16.8. The topological polar surface area (TPSA) is 25.8 Å². The monoisotopic (exact) mass is 432 g/mol. The molecular weight excluding hydrogens is 412 g/mol. The zero-order chi connectivity index (χ0) is 22.5. The molecule has 0 unspecified atom stereocenters. The van der Waals surface area contributed by atoms with E-state index in [1.54, 1.807) is 0 Å². The average Bonchev–Trinajstić information content (AvgIpc) is 2.91. The van der Waals surface area contributed by atoms with Crippen LogP contribution in [0.2, 0.25) is 0 Å². The molecule has 0 bridgehead atoms. The SMILES string of the molecule is c1cnc2c(-c3ccc4c(ccc5cc(-c6cccc7cccnc67)ccc54)c3)cccc2c1. The quantitative estimate of drug-likeness (QED) is 0.256. The third-order valence-electron chi connectivity index (χ3n) is 6.72. The van der Waals surface area contributed by atoms with Crippen molar-refractivity contribution in [2.45, 2.75) is 0 Å². The maximum Gasteiger partial charge on any atom is 0.0780 e. The molecule has 0 N–H and O–H groups in total. The first-order valence-corrected chi connectivity index (χ1v) is 11.5. The van der Waals surface area contributed by atoms with E-state index in [9.17, 15) is 0 Å². The zero-order valence-electron chi connectivity index (χ0n) is 18.4. The summed E-state index contributed by atoms with van der Waals surface area (Å²) in [6.07, 6.45) is 3.73. The van der Waals surface area contributed by atoms with E-state index in [1.807, 2.05) is 24.5 Å². The number of nitrogens with zero attached hydrogens (tertiary/aromatic N) is 2. The fraction of sp³-hybridized carbons (Fsp3) is 0. The molecular formula is C32H20N2. The van der Waals surface area contributed by atoms with Crippen molar-refractivity contribution in [3.63, 3.8) is 0 Å². The summed E-state index contributed by atoms with van der Waals surface area (Å²) in [6, 6.07) is 38.9. The summed E-state index contributed by atoms with van der Waals surface area (Å²) in [5, 5.41) is 7.31. The highest BCUT2D eigenvalue weighted by Gasteiger charge is 2.09. The molecule has 0 amide bonds. The first kappa shape index (κ1) is 19.0. The van der Waals surface area contributed by atoms with E-state index in [1.165, 1.54) is 43.8 Å². The fourth-order valence-corrected chi connectivity index (χ4v) is 5.08. The summed E-state index contributed by atoms with van der Waals surface area (Å²) in [7, 11) is 0. The van der Waals surface area contributed by atoms with Gasteiger partial charge in [-0.2, -0.15) is 0 Å². The molecule has 0 fully saturated rings. The number of fused-ring (bicyclic) bond motifs is 5. The van der Waals surface area contributed by atoms with E-state index < -0.39 is 0 Å². The molecule has 0 aliphatic heterocycles. The van der Waals surface area contributed by atoms with Gasteiger partial charge >= 0.3 is 0 Å². The molecule has 0 radical (unpaired) electrons. The molecule has 158 valence electrons.